The molecule has 104 valence electrons. The van der Waals surface area contributed by atoms with Gasteiger partial charge in [0.15, 0.2) is 6.54 Å². The Bertz CT molecular complexity index is 550. The van der Waals surface area contributed by atoms with Crippen LogP contribution in [0.1, 0.15) is 5.56 Å². The molecule has 0 bridgehead atoms. The minimum atomic E-state index is -0.211. The van der Waals surface area contributed by atoms with E-state index in [9.17, 15) is 4.79 Å². The van der Waals surface area contributed by atoms with Crippen molar-refractivity contribution in [3.05, 3.63) is 66.2 Å². The Morgan fingerprint density at radius 2 is 1.50 bits per heavy atom. The van der Waals surface area contributed by atoms with Crippen LogP contribution in [0.5, 0.6) is 5.75 Å². The van der Waals surface area contributed by atoms with Crippen molar-refractivity contribution in [1.82, 2.24) is 0 Å². The van der Waals surface area contributed by atoms with Crippen molar-refractivity contribution in [3.63, 3.8) is 0 Å². The normalized spacial score (nSPS) is 11.1. The number of benzene rings is 2. The highest BCUT2D eigenvalue weighted by atomic mass is 16.5. The number of ether oxygens (including phenoxy) is 1. The van der Waals surface area contributed by atoms with Crippen molar-refractivity contribution in [2.45, 2.75) is 6.54 Å². The van der Waals surface area contributed by atoms with E-state index in [-0.39, 0.29) is 5.97 Å². The zero-order valence-electron chi connectivity index (χ0n) is 12.0. The molecule has 0 atom stereocenters. The van der Waals surface area contributed by atoms with Gasteiger partial charge in [0, 0.05) is 5.56 Å². The largest absolute Gasteiger partial charge is 0.422 e. The van der Waals surface area contributed by atoms with Crippen molar-refractivity contribution >= 4 is 5.97 Å². The van der Waals surface area contributed by atoms with Gasteiger partial charge in [-0.05, 0) is 12.1 Å². The highest BCUT2D eigenvalue weighted by molar-refractivity contribution is 5.73. The first-order valence-electron chi connectivity index (χ1n) is 6.67. The van der Waals surface area contributed by atoms with Crippen LogP contribution in [0.4, 0.5) is 0 Å². The first-order chi connectivity index (χ1) is 9.55. The van der Waals surface area contributed by atoms with Gasteiger partial charge in [0.05, 0.1) is 14.1 Å². The number of likely N-dealkylation sites (N-methyl/N-ethyl adjacent to an activating group) is 1. The van der Waals surface area contributed by atoms with Crippen LogP contribution in [0, 0.1) is 0 Å². The molecule has 0 radical (unpaired) electrons. The van der Waals surface area contributed by atoms with Crippen LogP contribution >= 0.6 is 0 Å². The van der Waals surface area contributed by atoms with Crippen LogP contribution in [0.2, 0.25) is 0 Å². The van der Waals surface area contributed by atoms with Crippen LogP contribution < -0.4 is 4.74 Å². The predicted octanol–water partition coefficient (Wildman–Crippen LogP) is 2.87. The monoisotopic (exact) mass is 270 g/mol. The maximum atomic E-state index is 12.0. The molecule has 0 N–H and O–H groups in total. The number of hydrogen-bond donors (Lipinski definition) is 0. The molecule has 3 heteroatoms. The van der Waals surface area contributed by atoms with Gasteiger partial charge in [-0.1, -0.05) is 48.5 Å². The standard InChI is InChI=1S/C17H20NO2/c1-18(2,13-15-9-5-3-6-10-15)14-17(19)20-16-11-7-4-8-12-16/h3-12H,13-14H2,1-2H3/q+1. The molecule has 20 heavy (non-hydrogen) atoms. The molecular formula is C17H20NO2+. The zero-order chi connectivity index (χ0) is 14.4. The lowest BCUT2D eigenvalue weighted by Gasteiger charge is -2.28. The van der Waals surface area contributed by atoms with Crippen LogP contribution in [0.25, 0.3) is 0 Å². The predicted molar refractivity (Wildman–Crippen MR) is 79.2 cm³/mol. The molecule has 0 heterocycles. The fraction of sp³-hybridized carbons (Fsp3) is 0.235. The summed E-state index contributed by atoms with van der Waals surface area (Å²) >= 11 is 0. The molecule has 0 aliphatic heterocycles. The van der Waals surface area contributed by atoms with E-state index in [0.29, 0.717) is 16.8 Å². The number of para-hydroxylation sites is 1. The molecule has 2 aromatic rings. The third-order valence-electron chi connectivity index (χ3n) is 2.99. The number of rotatable bonds is 5. The molecule has 3 nitrogen and oxygen atoms in total. The van der Waals surface area contributed by atoms with Gasteiger partial charge in [0.2, 0.25) is 0 Å². The van der Waals surface area contributed by atoms with E-state index < -0.39 is 0 Å². The van der Waals surface area contributed by atoms with Gasteiger partial charge in [-0.3, -0.25) is 0 Å². The molecule has 2 aromatic carbocycles. The Kier molecular flexibility index (Phi) is 4.53. The number of carbonyl (C=O) groups is 1. The maximum absolute atomic E-state index is 12.0. The van der Waals surface area contributed by atoms with Crippen LogP contribution in [0.3, 0.4) is 0 Å². The Morgan fingerprint density at radius 3 is 2.10 bits per heavy atom. The molecule has 0 aliphatic rings. The summed E-state index contributed by atoms with van der Waals surface area (Å²) in [5.41, 5.74) is 1.21. The Balaban J connectivity index is 1.92. The number of quaternary nitrogens is 1. The summed E-state index contributed by atoms with van der Waals surface area (Å²) in [5, 5.41) is 0. The zero-order valence-corrected chi connectivity index (χ0v) is 12.0. The third-order valence-corrected chi connectivity index (χ3v) is 2.99. The molecule has 0 aliphatic carbocycles. The van der Waals surface area contributed by atoms with Crippen molar-refractivity contribution in [2.24, 2.45) is 0 Å². The van der Waals surface area contributed by atoms with Crippen molar-refractivity contribution in [3.8, 4) is 5.75 Å². The summed E-state index contributed by atoms with van der Waals surface area (Å²) in [6.07, 6.45) is 0. The van der Waals surface area contributed by atoms with E-state index in [1.807, 2.05) is 50.5 Å². The fourth-order valence-corrected chi connectivity index (χ4v) is 2.14. The summed E-state index contributed by atoms with van der Waals surface area (Å²) in [7, 11) is 4.05. The van der Waals surface area contributed by atoms with Gasteiger partial charge in [0.1, 0.15) is 12.3 Å². The lowest BCUT2D eigenvalue weighted by Crippen LogP contribution is -2.44. The molecule has 0 saturated carbocycles. The first-order valence-corrected chi connectivity index (χ1v) is 6.67. The van der Waals surface area contributed by atoms with Gasteiger partial charge in [-0.2, -0.15) is 0 Å². The minimum Gasteiger partial charge on any atom is -0.422 e. The summed E-state index contributed by atoms with van der Waals surface area (Å²) in [6, 6.07) is 19.3. The third kappa shape index (κ3) is 4.52. The average molecular weight is 270 g/mol. The number of hydrogen-bond acceptors (Lipinski definition) is 2. The van der Waals surface area contributed by atoms with Crippen molar-refractivity contribution in [1.29, 1.82) is 0 Å². The van der Waals surface area contributed by atoms with Gasteiger partial charge in [0.25, 0.3) is 0 Å². The number of nitrogens with zero attached hydrogens (tertiary/aromatic N) is 1. The van der Waals surface area contributed by atoms with E-state index in [4.69, 9.17) is 4.74 Å². The smallest absolute Gasteiger partial charge is 0.367 e. The summed E-state index contributed by atoms with van der Waals surface area (Å²) in [5.74, 6) is 0.384. The average Bonchev–Trinajstić information content (AvgIpc) is 2.39. The quantitative estimate of drug-likeness (QED) is 0.474. The number of esters is 1. The SMILES string of the molecule is C[N+](C)(CC(=O)Oc1ccccc1)Cc1ccccc1. The van der Waals surface area contributed by atoms with Crippen molar-refractivity contribution in [2.75, 3.05) is 20.6 Å². The lowest BCUT2D eigenvalue weighted by molar-refractivity contribution is -0.896. The first kappa shape index (κ1) is 14.3. The Hall–Kier alpha value is -2.13. The molecule has 0 aromatic heterocycles. The van der Waals surface area contributed by atoms with Crippen LogP contribution in [0.15, 0.2) is 60.7 Å². The molecule has 0 saturated heterocycles. The van der Waals surface area contributed by atoms with E-state index in [1.165, 1.54) is 5.56 Å². The summed E-state index contributed by atoms with van der Waals surface area (Å²) in [4.78, 5) is 12.0. The van der Waals surface area contributed by atoms with Gasteiger partial charge in [-0.15, -0.1) is 0 Å². The van der Waals surface area contributed by atoms with E-state index in [0.717, 1.165) is 6.54 Å². The van der Waals surface area contributed by atoms with Crippen LogP contribution in [-0.4, -0.2) is 31.1 Å². The second-order valence-electron chi connectivity index (χ2n) is 5.52. The summed E-state index contributed by atoms with van der Waals surface area (Å²) < 4.78 is 5.90. The van der Waals surface area contributed by atoms with Crippen LogP contribution in [-0.2, 0) is 11.3 Å². The molecular weight excluding hydrogens is 250 g/mol. The van der Waals surface area contributed by atoms with Gasteiger partial charge >= 0.3 is 5.97 Å². The molecule has 0 amide bonds. The highest BCUT2D eigenvalue weighted by Gasteiger charge is 2.22. The molecule has 2 rings (SSSR count). The molecule has 0 spiro atoms. The molecule has 0 unspecified atom stereocenters. The highest BCUT2D eigenvalue weighted by Crippen LogP contribution is 2.12. The second kappa shape index (κ2) is 6.35. The Labute approximate surface area is 120 Å². The minimum absolute atomic E-state index is 0.211. The van der Waals surface area contributed by atoms with Crippen molar-refractivity contribution < 1.29 is 14.0 Å². The van der Waals surface area contributed by atoms with E-state index in [1.54, 1.807) is 12.1 Å². The topological polar surface area (TPSA) is 26.3 Å². The number of carbonyl (C=O) groups excluding carboxylic acids is 1. The van der Waals surface area contributed by atoms with Gasteiger partial charge < -0.3 is 9.22 Å². The Morgan fingerprint density at radius 1 is 0.950 bits per heavy atom. The van der Waals surface area contributed by atoms with E-state index in [2.05, 4.69) is 12.1 Å². The van der Waals surface area contributed by atoms with Gasteiger partial charge in [-0.25, -0.2) is 4.79 Å². The second-order valence-corrected chi connectivity index (χ2v) is 5.52. The maximum Gasteiger partial charge on any atom is 0.367 e. The van der Waals surface area contributed by atoms with E-state index >= 15 is 0 Å². The fourth-order valence-electron chi connectivity index (χ4n) is 2.14. The summed E-state index contributed by atoms with van der Waals surface area (Å²) in [6.45, 7) is 1.13. The lowest BCUT2D eigenvalue weighted by atomic mass is 10.2. The molecule has 0 fully saturated rings.